The lowest BCUT2D eigenvalue weighted by atomic mass is 10.1. The van der Waals surface area contributed by atoms with Gasteiger partial charge in [-0.05, 0) is 25.5 Å². The van der Waals surface area contributed by atoms with E-state index in [4.69, 9.17) is 4.74 Å². The number of aryl methyl sites for hydroxylation is 1. The largest absolute Gasteiger partial charge is 0.462 e. The molecular weight excluding hydrogens is 442 g/mol. The van der Waals surface area contributed by atoms with Crippen molar-refractivity contribution in [2.45, 2.75) is 19.9 Å². The number of pyridine rings is 2. The van der Waals surface area contributed by atoms with Crippen molar-refractivity contribution < 1.29 is 17.9 Å². The molecule has 1 N–H and O–H groups in total. The van der Waals surface area contributed by atoms with Crippen LogP contribution in [0.2, 0.25) is 0 Å². The molecule has 0 radical (unpaired) electrons. The van der Waals surface area contributed by atoms with Gasteiger partial charge in [-0.15, -0.1) is 11.3 Å². The maximum Gasteiger partial charge on any atom is 0.343 e. The molecule has 0 spiro atoms. The van der Waals surface area contributed by atoms with Crippen molar-refractivity contribution in [3.05, 3.63) is 45.2 Å². The molecule has 0 saturated carbocycles. The molecule has 1 aliphatic rings. The Morgan fingerprint density at radius 2 is 2.13 bits per heavy atom. The molecule has 10 nitrogen and oxygen atoms in total. The van der Waals surface area contributed by atoms with Crippen molar-refractivity contribution in [3.63, 3.8) is 0 Å². The second-order valence-corrected chi connectivity index (χ2v) is 9.92. The normalized spacial score (nSPS) is 14.6. The van der Waals surface area contributed by atoms with Crippen LogP contribution in [0.4, 0.5) is 5.82 Å². The molecule has 1 fully saturated rings. The van der Waals surface area contributed by atoms with E-state index in [9.17, 15) is 18.0 Å². The number of fused-ring (bicyclic) bond motifs is 1. The highest BCUT2D eigenvalue weighted by atomic mass is 32.2. The van der Waals surface area contributed by atoms with Crippen LogP contribution in [0, 0.1) is 6.92 Å². The molecule has 164 valence electrons. The van der Waals surface area contributed by atoms with Gasteiger partial charge in [0.05, 0.1) is 24.3 Å². The van der Waals surface area contributed by atoms with E-state index in [2.05, 4.69) is 14.7 Å². The van der Waals surface area contributed by atoms with Gasteiger partial charge in [-0.3, -0.25) is 9.36 Å². The number of hydrogen-bond acceptors (Lipinski definition) is 9. The fourth-order valence-corrected chi connectivity index (χ4v) is 4.89. The van der Waals surface area contributed by atoms with Crippen LogP contribution in [-0.4, -0.2) is 60.9 Å². The van der Waals surface area contributed by atoms with Crippen LogP contribution in [0.1, 0.15) is 22.8 Å². The first-order valence-electron chi connectivity index (χ1n) is 9.54. The lowest BCUT2D eigenvalue weighted by Gasteiger charge is -2.40. The van der Waals surface area contributed by atoms with Gasteiger partial charge in [0.25, 0.3) is 0 Å². The molecule has 31 heavy (non-hydrogen) atoms. The van der Waals surface area contributed by atoms with Crippen molar-refractivity contribution in [3.8, 4) is 5.13 Å². The summed E-state index contributed by atoms with van der Waals surface area (Å²) in [6.07, 6.45) is 4.17. The predicted octanol–water partition coefficient (Wildman–Crippen LogP) is 1.07. The Bertz CT molecular complexity index is 1310. The highest BCUT2D eigenvalue weighted by Gasteiger charge is 2.31. The minimum absolute atomic E-state index is 0.0800. The van der Waals surface area contributed by atoms with Gasteiger partial charge in [0.1, 0.15) is 11.4 Å². The molecule has 0 unspecified atom stereocenters. The SMILES string of the molecule is CCOC(=O)c1cn(-c2nccs2)c2nc(N3CC(NS(C)(=O)=O)C3)cc(C)c2c1=O. The second-order valence-electron chi connectivity index (χ2n) is 7.26. The minimum Gasteiger partial charge on any atom is -0.462 e. The molecule has 0 atom stereocenters. The van der Waals surface area contributed by atoms with E-state index in [1.807, 2.05) is 4.90 Å². The molecule has 4 rings (SSSR count). The number of hydrogen-bond donors (Lipinski definition) is 1. The number of nitrogens with zero attached hydrogens (tertiary/aromatic N) is 4. The zero-order chi connectivity index (χ0) is 22.3. The third-order valence-electron chi connectivity index (χ3n) is 4.85. The van der Waals surface area contributed by atoms with Crippen molar-refractivity contribution in [2.75, 3.05) is 30.9 Å². The molecule has 1 aliphatic heterocycles. The summed E-state index contributed by atoms with van der Waals surface area (Å²) in [5, 5.41) is 2.66. The van der Waals surface area contributed by atoms with E-state index in [-0.39, 0.29) is 18.2 Å². The van der Waals surface area contributed by atoms with E-state index in [1.165, 1.54) is 17.5 Å². The van der Waals surface area contributed by atoms with Gasteiger partial charge in [0.2, 0.25) is 15.5 Å². The van der Waals surface area contributed by atoms with Crippen LogP contribution in [-0.2, 0) is 14.8 Å². The van der Waals surface area contributed by atoms with E-state index >= 15 is 0 Å². The predicted molar refractivity (Wildman–Crippen MR) is 118 cm³/mol. The Labute approximate surface area is 182 Å². The van der Waals surface area contributed by atoms with E-state index in [1.54, 1.807) is 36.1 Å². The standard InChI is InChI=1S/C19H21N5O5S2/c1-4-29-18(26)13-10-24(19-20-5-6-30-19)17-15(16(13)25)11(2)7-14(21-17)23-8-12(9-23)22-31(3,27)28/h5-7,10,12,22H,4,8-9H2,1-3H3. The maximum absolute atomic E-state index is 13.1. The zero-order valence-corrected chi connectivity index (χ0v) is 18.8. The third kappa shape index (κ3) is 4.18. The van der Waals surface area contributed by atoms with Gasteiger partial charge < -0.3 is 9.64 Å². The first-order valence-corrected chi connectivity index (χ1v) is 12.3. The van der Waals surface area contributed by atoms with Crippen LogP contribution < -0.4 is 15.1 Å². The highest BCUT2D eigenvalue weighted by Crippen LogP contribution is 2.27. The van der Waals surface area contributed by atoms with E-state index in [0.717, 1.165) is 6.26 Å². The van der Waals surface area contributed by atoms with Crippen molar-refractivity contribution in [1.29, 1.82) is 0 Å². The van der Waals surface area contributed by atoms with Crippen molar-refractivity contribution >= 4 is 44.2 Å². The summed E-state index contributed by atoms with van der Waals surface area (Å²) in [5.74, 6) is -0.0780. The van der Waals surface area contributed by atoms with Gasteiger partial charge >= 0.3 is 5.97 Å². The van der Waals surface area contributed by atoms with E-state index < -0.39 is 21.4 Å². The first-order chi connectivity index (χ1) is 14.7. The summed E-state index contributed by atoms with van der Waals surface area (Å²) >= 11 is 1.34. The highest BCUT2D eigenvalue weighted by molar-refractivity contribution is 7.88. The molecule has 3 aromatic heterocycles. The van der Waals surface area contributed by atoms with Gasteiger partial charge in [-0.25, -0.2) is 27.9 Å². The summed E-state index contributed by atoms with van der Waals surface area (Å²) < 4.78 is 32.1. The van der Waals surface area contributed by atoms with Crippen molar-refractivity contribution in [2.24, 2.45) is 0 Å². The molecule has 3 aromatic rings. The molecule has 12 heteroatoms. The fraction of sp³-hybridized carbons (Fsp3) is 0.368. The number of esters is 1. The Balaban J connectivity index is 1.82. The van der Waals surface area contributed by atoms with Gasteiger partial charge in [-0.2, -0.15) is 0 Å². The number of thiazole rings is 1. The minimum atomic E-state index is -3.29. The summed E-state index contributed by atoms with van der Waals surface area (Å²) in [4.78, 5) is 36.4. The van der Waals surface area contributed by atoms with Gasteiger partial charge in [0, 0.05) is 30.9 Å². The van der Waals surface area contributed by atoms with Crippen LogP contribution in [0.5, 0.6) is 0 Å². The Morgan fingerprint density at radius 1 is 1.39 bits per heavy atom. The summed E-state index contributed by atoms with van der Waals surface area (Å²) in [6.45, 7) is 4.54. The number of nitrogens with one attached hydrogen (secondary N) is 1. The molecule has 0 aliphatic carbocycles. The molecule has 1 saturated heterocycles. The number of anilines is 1. The fourth-order valence-electron chi connectivity index (χ4n) is 3.52. The Kier molecular flexibility index (Phi) is 5.54. The van der Waals surface area contributed by atoms with Crippen LogP contribution >= 0.6 is 11.3 Å². The molecule has 0 amide bonds. The Hall–Kier alpha value is -2.83. The second kappa shape index (κ2) is 8.02. The van der Waals surface area contributed by atoms with Crippen LogP contribution in [0.25, 0.3) is 16.2 Å². The third-order valence-corrected chi connectivity index (χ3v) is 6.38. The molecule has 4 heterocycles. The molecular formula is C19H21N5O5S2. The topological polar surface area (TPSA) is 123 Å². The first kappa shape index (κ1) is 21.4. The Morgan fingerprint density at radius 3 is 2.74 bits per heavy atom. The van der Waals surface area contributed by atoms with E-state index in [0.29, 0.717) is 40.6 Å². The number of ether oxygens (including phenoxy) is 1. The van der Waals surface area contributed by atoms with Gasteiger partial charge in [0.15, 0.2) is 10.8 Å². The monoisotopic (exact) mass is 463 g/mol. The van der Waals surface area contributed by atoms with Crippen molar-refractivity contribution in [1.82, 2.24) is 19.3 Å². The quantitative estimate of drug-likeness (QED) is 0.539. The van der Waals surface area contributed by atoms with Crippen LogP contribution in [0.3, 0.4) is 0 Å². The number of carbonyl (C=O) groups is 1. The summed E-state index contributed by atoms with van der Waals surface area (Å²) in [7, 11) is -3.29. The average molecular weight is 464 g/mol. The number of rotatable bonds is 6. The number of sulfonamides is 1. The summed E-state index contributed by atoms with van der Waals surface area (Å²) in [6, 6.07) is 1.57. The smallest absolute Gasteiger partial charge is 0.343 e. The van der Waals surface area contributed by atoms with Crippen LogP contribution in [0.15, 0.2) is 28.6 Å². The van der Waals surface area contributed by atoms with Gasteiger partial charge in [-0.1, -0.05) is 0 Å². The lowest BCUT2D eigenvalue weighted by Crippen LogP contribution is -2.59. The molecule has 0 aromatic carbocycles. The zero-order valence-electron chi connectivity index (χ0n) is 17.2. The summed E-state index contributed by atoms with van der Waals surface area (Å²) in [5.41, 5.74) is 0.505. The lowest BCUT2D eigenvalue weighted by molar-refractivity contribution is 0.0524. The number of carbonyl (C=O) groups excluding carboxylic acids is 1. The molecule has 0 bridgehead atoms. The maximum atomic E-state index is 13.1. The number of aromatic nitrogens is 3. The average Bonchev–Trinajstić information content (AvgIpc) is 3.18.